The van der Waals surface area contributed by atoms with E-state index in [1.165, 1.54) is 24.1 Å². The molecule has 0 atom stereocenters. The van der Waals surface area contributed by atoms with Crippen LogP contribution in [0.5, 0.6) is 5.75 Å². The average molecular weight is 388 g/mol. The number of ether oxygens (including phenoxy) is 2. The first-order valence-electron chi connectivity index (χ1n) is 8.77. The minimum atomic E-state index is -0.578. The fourth-order valence-corrected chi connectivity index (χ4v) is 2.48. The van der Waals surface area contributed by atoms with Crippen molar-refractivity contribution in [1.82, 2.24) is 4.90 Å². The fourth-order valence-electron chi connectivity index (χ4n) is 2.48. The number of benzene rings is 2. The van der Waals surface area contributed by atoms with Crippen molar-refractivity contribution in [2.75, 3.05) is 19.5 Å². The lowest BCUT2D eigenvalue weighted by atomic mass is 10.1. The summed E-state index contributed by atoms with van der Waals surface area (Å²) in [6.45, 7) is 5.71. The molecule has 0 aliphatic rings. The first kappa shape index (κ1) is 21.2. The molecule has 2 aromatic carbocycles. The predicted octanol–water partition coefficient (Wildman–Crippen LogP) is 4.45. The normalized spacial score (nSPS) is 10.9. The highest BCUT2D eigenvalue weighted by Gasteiger charge is 2.20. The van der Waals surface area contributed by atoms with Gasteiger partial charge in [-0.1, -0.05) is 12.1 Å². The molecule has 0 aliphatic carbocycles. The molecule has 28 heavy (non-hydrogen) atoms. The summed E-state index contributed by atoms with van der Waals surface area (Å²) in [5.74, 6) is -0.743. The lowest BCUT2D eigenvalue weighted by Crippen LogP contribution is -2.33. The monoisotopic (exact) mass is 388 g/mol. The maximum Gasteiger partial charge on any atom is 0.410 e. The van der Waals surface area contributed by atoms with E-state index in [1.54, 1.807) is 46.0 Å². The van der Waals surface area contributed by atoms with Gasteiger partial charge in [0.05, 0.1) is 12.7 Å². The molecule has 0 radical (unpaired) electrons. The highest BCUT2D eigenvalue weighted by atomic mass is 19.1. The van der Waals surface area contributed by atoms with Crippen LogP contribution in [-0.4, -0.2) is 36.7 Å². The zero-order valence-electron chi connectivity index (χ0n) is 16.7. The minimum absolute atomic E-state index is 0.0961. The van der Waals surface area contributed by atoms with Crippen LogP contribution in [0.3, 0.4) is 0 Å². The van der Waals surface area contributed by atoms with Crippen molar-refractivity contribution in [3.63, 3.8) is 0 Å². The molecule has 2 amide bonds. The molecule has 0 saturated heterocycles. The Morgan fingerprint density at radius 3 is 2.50 bits per heavy atom. The summed E-state index contributed by atoms with van der Waals surface area (Å²) in [6.07, 6.45) is -0.438. The predicted molar refractivity (Wildman–Crippen MR) is 105 cm³/mol. The van der Waals surface area contributed by atoms with E-state index in [0.717, 1.165) is 11.6 Å². The average Bonchev–Trinajstić information content (AvgIpc) is 2.60. The Morgan fingerprint density at radius 1 is 1.14 bits per heavy atom. The summed E-state index contributed by atoms with van der Waals surface area (Å²) in [5, 5.41) is 2.72. The third kappa shape index (κ3) is 5.97. The number of hydrogen-bond acceptors (Lipinski definition) is 4. The van der Waals surface area contributed by atoms with Gasteiger partial charge >= 0.3 is 6.09 Å². The maximum atomic E-state index is 13.5. The number of carbonyl (C=O) groups excluding carboxylic acids is 2. The number of anilines is 1. The van der Waals surface area contributed by atoms with Gasteiger partial charge in [-0.25, -0.2) is 9.18 Å². The van der Waals surface area contributed by atoms with E-state index < -0.39 is 23.4 Å². The van der Waals surface area contributed by atoms with Crippen molar-refractivity contribution in [3.8, 4) is 5.75 Å². The quantitative estimate of drug-likeness (QED) is 0.822. The molecule has 0 aliphatic heterocycles. The molecule has 0 saturated carbocycles. The number of rotatable bonds is 5. The Hall–Kier alpha value is -3.09. The van der Waals surface area contributed by atoms with Gasteiger partial charge in [-0.3, -0.25) is 4.79 Å². The summed E-state index contributed by atoms with van der Waals surface area (Å²) in [7, 11) is 3.05. The van der Waals surface area contributed by atoms with Crippen LogP contribution in [0.25, 0.3) is 0 Å². The van der Waals surface area contributed by atoms with Gasteiger partial charge in [-0.2, -0.15) is 0 Å². The van der Waals surface area contributed by atoms with Crippen molar-refractivity contribution in [1.29, 1.82) is 0 Å². The first-order chi connectivity index (χ1) is 13.1. The lowest BCUT2D eigenvalue weighted by Gasteiger charge is -2.24. The van der Waals surface area contributed by atoms with Crippen LogP contribution in [0.15, 0.2) is 42.5 Å². The number of methoxy groups -OCH3 is 1. The standard InChI is InChI=1S/C21H25FN2O4/c1-21(2,3)28-20(26)24(4)13-14-7-6-8-16(11-14)23-19(25)17-12-15(22)9-10-18(17)27-5/h6-12H,13H2,1-5H3,(H,23,25). The highest BCUT2D eigenvalue weighted by molar-refractivity contribution is 6.06. The van der Waals surface area contributed by atoms with Crippen LogP contribution in [0.4, 0.5) is 14.9 Å². The van der Waals surface area contributed by atoms with Gasteiger partial charge in [-0.05, 0) is 56.7 Å². The van der Waals surface area contributed by atoms with Crippen molar-refractivity contribution in [2.45, 2.75) is 32.9 Å². The van der Waals surface area contributed by atoms with Crippen LogP contribution >= 0.6 is 0 Å². The summed E-state index contributed by atoms with van der Waals surface area (Å²) in [6, 6.07) is 10.8. The molecule has 0 bridgehead atoms. The number of hydrogen-bond donors (Lipinski definition) is 1. The van der Waals surface area contributed by atoms with Crippen LogP contribution in [0.2, 0.25) is 0 Å². The second kappa shape index (κ2) is 8.73. The summed E-state index contributed by atoms with van der Waals surface area (Å²) in [5.41, 5.74) is 0.841. The molecule has 6 nitrogen and oxygen atoms in total. The lowest BCUT2D eigenvalue weighted by molar-refractivity contribution is 0.0285. The van der Waals surface area contributed by atoms with Gasteiger partial charge in [0.25, 0.3) is 5.91 Å². The molecule has 0 aromatic heterocycles. The molecule has 2 rings (SSSR count). The number of nitrogens with one attached hydrogen (secondary N) is 1. The van der Waals surface area contributed by atoms with E-state index in [1.807, 2.05) is 6.07 Å². The van der Waals surface area contributed by atoms with Gasteiger partial charge in [0, 0.05) is 19.3 Å². The molecule has 2 aromatic rings. The molecule has 0 unspecified atom stereocenters. The smallest absolute Gasteiger partial charge is 0.410 e. The van der Waals surface area contributed by atoms with Crippen LogP contribution < -0.4 is 10.1 Å². The van der Waals surface area contributed by atoms with Gasteiger partial charge < -0.3 is 19.7 Å². The Morgan fingerprint density at radius 2 is 1.86 bits per heavy atom. The SMILES string of the molecule is COc1ccc(F)cc1C(=O)Nc1cccc(CN(C)C(=O)OC(C)(C)C)c1. The number of halogens is 1. The summed E-state index contributed by atoms with van der Waals surface area (Å²) in [4.78, 5) is 26.0. The van der Waals surface area contributed by atoms with Crippen LogP contribution in [0, 0.1) is 5.82 Å². The van der Waals surface area contributed by atoms with Crippen LogP contribution in [0.1, 0.15) is 36.7 Å². The molecular formula is C21H25FN2O4. The number of nitrogens with zero attached hydrogens (tertiary/aromatic N) is 1. The third-order valence-corrected chi connectivity index (χ3v) is 3.72. The van der Waals surface area contributed by atoms with Crippen molar-refractivity contribution in [2.24, 2.45) is 0 Å². The van der Waals surface area contributed by atoms with Crippen molar-refractivity contribution < 1.29 is 23.5 Å². The summed E-state index contributed by atoms with van der Waals surface area (Å²) < 4.78 is 23.9. The Bertz CT molecular complexity index is 862. The second-order valence-electron chi connectivity index (χ2n) is 7.34. The largest absolute Gasteiger partial charge is 0.496 e. The topological polar surface area (TPSA) is 67.9 Å². The third-order valence-electron chi connectivity index (χ3n) is 3.72. The van der Waals surface area contributed by atoms with Crippen LogP contribution in [-0.2, 0) is 11.3 Å². The molecule has 1 N–H and O–H groups in total. The fraction of sp³-hybridized carbons (Fsp3) is 0.333. The van der Waals surface area contributed by atoms with Gasteiger partial charge in [-0.15, -0.1) is 0 Å². The molecule has 0 fully saturated rings. The first-order valence-corrected chi connectivity index (χ1v) is 8.77. The Labute approximate surface area is 164 Å². The molecule has 7 heteroatoms. The zero-order valence-corrected chi connectivity index (χ0v) is 16.7. The van der Waals surface area contributed by atoms with E-state index in [9.17, 15) is 14.0 Å². The van der Waals surface area contributed by atoms with Crippen molar-refractivity contribution >= 4 is 17.7 Å². The van der Waals surface area contributed by atoms with Gasteiger partial charge in [0.2, 0.25) is 0 Å². The number of amides is 2. The van der Waals surface area contributed by atoms with E-state index in [0.29, 0.717) is 12.2 Å². The molecule has 0 spiro atoms. The molecular weight excluding hydrogens is 363 g/mol. The minimum Gasteiger partial charge on any atom is -0.496 e. The maximum absolute atomic E-state index is 13.5. The van der Waals surface area contributed by atoms with Crippen molar-refractivity contribution in [3.05, 3.63) is 59.4 Å². The molecule has 0 heterocycles. The zero-order chi connectivity index (χ0) is 20.9. The Balaban J connectivity index is 2.10. The number of carbonyl (C=O) groups is 2. The van der Waals surface area contributed by atoms with E-state index in [2.05, 4.69) is 5.32 Å². The Kier molecular flexibility index (Phi) is 6.62. The van der Waals surface area contributed by atoms with Gasteiger partial charge in [0.15, 0.2) is 0 Å². The van der Waals surface area contributed by atoms with E-state index in [4.69, 9.17) is 9.47 Å². The molecule has 150 valence electrons. The van der Waals surface area contributed by atoms with Gasteiger partial charge in [0.1, 0.15) is 17.2 Å². The second-order valence-corrected chi connectivity index (χ2v) is 7.34. The summed E-state index contributed by atoms with van der Waals surface area (Å²) >= 11 is 0. The van der Waals surface area contributed by atoms with E-state index in [-0.39, 0.29) is 11.3 Å². The van der Waals surface area contributed by atoms with E-state index >= 15 is 0 Å². The highest BCUT2D eigenvalue weighted by Crippen LogP contribution is 2.21.